The van der Waals surface area contributed by atoms with Crippen molar-refractivity contribution in [1.29, 1.82) is 0 Å². The highest BCUT2D eigenvalue weighted by Crippen LogP contribution is 2.31. The summed E-state index contributed by atoms with van der Waals surface area (Å²) in [6, 6.07) is 8.84. The molecule has 1 aromatic carbocycles. The Kier molecular flexibility index (Phi) is 5.11. The number of amides is 1. The van der Waals surface area contributed by atoms with Gasteiger partial charge in [-0.05, 0) is 43.5 Å². The van der Waals surface area contributed by atoms with E-state index < -0.39 is 0 Å². The summed E-state index contributed by atoms with van der Waals surface area (Å²) in [5.74, 6) is 0.285. The van der Waals surface area contributed by atoms with Crippen LogP contribution >= 0.6 is 0 Å². The van der Waals surface area contributed by atoms with Crippen LogP contribution in [0.25, 0.3) is 0 Å². The molecule has 1 N–H and O–H groups in total. The van der Waals surface area contributed by atoms with Crippen LogP contribution in [-0.2, 0) is 16.0 Å². The maximum atomic E-state index is 12.3. The molecule has 0 radical (unpaired) electrons. The highest BCUT2D eigenvalue weighted by atomic mass is 16.5. The summed E-state index contributed by atoms with van der Waals surface area (Å²) in [4.78, 5) is 14.3. The molecule has 2 heterocycles. The fraction of sp³-hybridized carbons (Fsp3) is 0.611. The van der Waals surface area contributed by atoms with Crippen molar-refractivity contribution in [2.24, 2.45) is 0 Å². The number of hydrogen-bond acceptors (Lipinski definition) is 3. The first-order valence-electron chi connectivity index (χ1n) is 8.49. The smallest absolute Gasteiger partial charge is 0.222 e. The second-order valence-corrected chi connectivity index (χ2v) is 6.19. The highest BCUT2D eigenvalue weighted by Gasteiger charge is 2.33. The molecule has 0 saturated carbocycles. The Balaban J connectivity index is 1.67. The van der Waals surface area contributed by atoms with Crippen molar-refractivity contribution in [3.8, 4) is 0 Å². The zero-order valence-electron chi connectivity index (χ0n) is 13.4. The lowest BCUT2D eigenvalue weighted by molar-refractivity contribution is -0.131. The van der Waals surface area contributed by atoms with Crippen LogP contribution in [0.5, 0.6) is 0 Å². The summed E-state index contributed by atoms with van der Waals surface area (Å²) in [6.45, 7) is 5.54. The van der Waals surface area contributed by atoms with Gasteiger partial charge in [0.15, 0.2) is 0 Å². The molecular weight excluding hydrogens is 276 g/mol. The number of hydrogen-bond donors (Lipinski definition) is 1. The minimum absolute atomic E-state index is 0.0358. The van der Waals surface area contributed by atoms with Crippen molar-refractivity contribution >= 4 is 5.91 Å². The topological polar surface area (TPSA) is 41.6 Å². The molecule has 2 atom stereocenters. The van der Waals surface area contributed by atoms with E-state index in [1.807, 2.05) is 0 Å². The van der Waals surface area contributed by atoms with Crippen LogP contribution in [-0.4, -0.2) is 43.1 Å². The molecule has 2 unspecified atom stereocenters. The van der Waals surface area contributed by atoms with Crippen molar-refractivity contribution in [2.45, 2.75) is 44.8 Å². The van der Waals surface area contributed by atoms with E-state index in [1.165, 1.54) is 11.1 Å². The molecule has 2 aliphatic heterocycles. The lowest BCUT2D eigenvalue weighted by atomic mass is 9.97. The molecule has 1 fully saturated rings. The molecule has 0 bridgehead atoms. The Morgan fingerprint density at radius 1 is 1.32 bits per heavy atom. The third kappa shape index (κ3) is 3.33. The van der Waals surface area contributed by atoms with Crippen molar-refractivity contribution in [2.75, 3.05) is 26.2 Å². The largest absolute Gasteiger partial charge is 0.371 e. The molecule has 2 aliphatic rings. The number of nitrogens with one attached hydrogen (secondary N) is 1. The predicted molar refractivity (Wildman–Crippen MR) is 86.7 cm³/mol. The Morgan fingerprint density at radius 3 is 3.05 bits per heavy atom. The van der Waals surface area contributed by atoms with Crippen LogP contribution in [0.4, 0.5) is 0 Å². The molecule has 0 spiro atoms. The van der Waals surface area contributed by atoms with Gasteiger partial charge in [-0.2, -0.15) is 0 Å². The molecule has 0 aliphatic carbocycles. The van der Waals surface area contributed by atoms with Gasteiger partial charge in [0, 0.05) is 12.5 Å². The molecule has 1 amide bonds. The summed E-state index contributed by atoms with van der Waals surface area (Å²) < 4.78 is 5.98. The van der Waals surface area contributed by atoms with Crippen molar-refractivity contribution < 1.29 is 9.53 Å². The summed E-state index contributed by atoms with van der Waals surface area (Å²) in [5, 5.41) is 3.36. The summed E-state index contributed by atoms with van der Waals surface area (Å²) in [7, 11) is 0. The number of benzene rings is 1. The molecule has 4 heteroatoms. The standard InChI is InChI=1S/C18H26N2O2/c1-2-19-11-9-15-7-8-18(21)20(15)13-17-16-6-4-3-5-14(16)10-12-22-17/h3-6,15,17,19H,2,7-13H2,1H3. The van der Waals surface area contributed by atoms with Crippen LogP contribution in [0.1, 0.15) is 43.4 Å². The lowest BCUT2D eigenvalue weighted by Gasteiger charge is -2.32. The zero-order valence-corrected chi connectivity index (χ0v) is 13.4. The van der Waals surface area contributed by atoms with E-state index in [-0.39, 0.29) is 12.0 Å². The van der Waals surface area contributed by atoms with Crippen LogP contribution in [0.2, 0.25) is 0 Å². The maximum Gasteiger partial charge on any atom is 0.222 e. The monoisotopic (exact) mass is 302 g/mol. The van der Waals surface area contributed by atoms with Gasteiger partial charge in [-0.25, -0.2) is 0 Å². The SMILES string of the molecule is CCNCCC1CCC(=O)N1CC1OCCc2ccccc21. The number of rotatable bonds is 6. The number of fused-ring (bicyclic) bond motifs is 1. The highest BCUT2D eigenvalue weighted by molar-refractivity contribution is 5.78. The zero-order chi connectivity index (χ0) is 15.4. The van der Waals surface area contributed by atoms with Gasteiger partial charge in [0.25, 0.3) is 0 Å². The van der Waals surface area contributed by atoms with Gasteiger partial charge in [0.05, 0.1) is 13.2 Å². The van der Waals surface area contributed by atoms with E-state index in [0.717, 1.165) is 39.0 Å². The van der Waals surface area contributed by atoms with Crippen LogP contribution in [0.15, 0.2) is 24.3 Å². The van der Waals surface area contributed by atoms with Crippen molar-refractivity contribution in [1.82, 2.24) is 10.2 Å². The average molecular weight is 302 g/mol. The van der Waals surface area contributed by atoms with Gasteiger partial charge < -0.3 is 15.0 Å². The molecule has 3 rings (SSSR count). The molecule has 1 saturated heterocycles. The fourth-order valence-corrected chi connectivity index (χ4v) is 3.60. The Morgan fingerprint density at radius 2 is 2.18 bits per heavy atom. The third-order valence-corrected chi connectivity index (χ3v) is 4.81. The number of carbonyl (C=O) groups excluding carboxylic acids is 1. The van der Waals surface area contributed by atoms with Crippen LogP contribution in [0, 0.1) is 0 Å². The molecule has 22 heavy (non-hydrogen) atoms. The van der Waals surface area contributed by atoms with E-state index in [0.29, 0.717) is 19.0 Å². The lowest BCUT2D eigenvalue weighted by Crippen LogP contribution is -2.39. The molecule has 1 aromatic rings. The second kappa shape index (κ2) is 7.25. The summed E-state index contributed by atoms with van der Waals surface area (Å²) >= 11 is 0. The van der Waals surface area contributed by atoms with Crippen molar-refractivity contribution in [3.05, 3.63) is 35.4 Å². The van der Waals surface area contributed by atoms with Crippen LogP contribution in [0.3, 0.4) is 0 Å². The minimum Gasteiger partial charge on any atom is -0.371 e. The van der Waals surface area contributed by atoms with E-state index in [4.69, 9.17) is 4.74 Å². The van der Waals surface area contributed by atoms with Gasteiger partial charge in [-0.3, -0.25) is 4.79 Å². The first kappa shape index (κ1) is 15.5. The average Bonchev–Trinajstić information content (AvgIpc) is 2.89. The maximum absolute atomic E-state index is 12.3. The third-order valence-electron chi connectivity index (χ3n) is 4.81. The normalized spacial score (nSPS) is 24.6. The first-order valence-corrected chi connectivity index (χ1v) is 8.49. The summed E-state index contributed by atoms with van der Waals surface area (Å²) in [6.07, 6.45) is 3.72. The van der Waals surface area contributed by atoms with E-state index >= 15 is 0 Å². The second-order valence-electron chi connectivity index (χ2n) is 6.19. The van der Waals surface area contributed by atoms with Gasteiger partial charge in [0.1, 0.15) is 6.10 Å². The molecular formula is C18H26N2O2. The molecule has 4 nitrogen and oxygen atoms in total. The number of carbonyl (C=O) groups is 1. The van der Waals surface area contributed by atoms with Gasteiger partial charge >= 0.3 is 0 Å². The minimum atomic E-state index is 0.0358. The first-order chi connectivity index (χ1) is 10.8. The quantitative estimate of drug-likeness (QED) is 0.820. The summed E-state index contributed by atoms with van der Waals surface area (Å²) in [5.41, 5.74) is 2.63. The fourth-order valence-electron chi connectivity index (χ4n) is 3.60. The number of nitrogens with zero attached hydrogens (tertiary/aromatic N) is 1. The predicted octanol–water partition coefficient (Wildman–Crippen LogP) is 2.29. The number of ether oxygens (including phenoxy) is 1. The Labute approximate surface area is 132 Å². The van der Waals surface area contributed by atoms with E-state index in [1.54, 1.807) is 0 Å². The molecule has 120 valence electrons. The van der Waals surface area contributed by atoms with E-state index in [9.17, 15) is 4.79 Å². The van der Waals surface area contributed by atoms with Gasteiger partial charge in [-0.15, -0.1) is 0 Å². The van der Waals surface area contributed by atoms with Gasteiger partial charge in [-0.1, -0.05) is 31.2 Å². The van der Waals surface area contributed by atoms with Gasteiger partial charge in [0.2, 0.25) is 5.91 Å². The number of likely N-dealkylation sites (tertiary alicyclic amines) is 1. The van der Waals surface area contributed by atoms with Crippen molar-refractivity contribution in [3.63, 3.8) is 0 Å². The van der Waals surface area contributed by atoms with E-state index in [2.05, 4.69) is 41.4 Å². The Hall–Kier alpha value is -1.39. The van der Waals surface area contributed by atoms with Crippen LogP contribution < -0.4 is 5.32 Å². The Bertz CT molecular complexity index is 518. The molecule has 0 aromatic heterocycles.